The van der Waals surface area contributed by atoms with Crippen LogP contribution < -0.4 is 11.7 Å². The molecule has 0 aromatic heterocycles. The molecule has 0 fully saturated rings. The highest BCUT2D eigenvalue weighted by molar-refractivity contribution is 4.47. The number of hydrogen-bond donors (Lipinski definition) is 2. The van der Waals surface area contributed by atoms with Crippen LogP contribution in [0.4, 0.5) is 0 Å². The van der Waals surface area contributed by atoms with Gasteiger partial charge in [-0.15, -0.1) is 0 Å². The average molecular weight is 200 g/mol. The molecule has 0 aromatic carbocycles. The summed E-state index contributed by atoms with van der Waals surface area (Å²) >= 11 is 0. The fraction of sp³-hybridized carbons (Fsp3) is 1.00. The third-order valence-electron chi connectivity index (χ3n) is 1.93. The zero-order chi connectivity index (χ0) is 10.5. The lowest BCUT2D eigenvalue weighted by atomic mass is 10.1. The Kier molecular flexibility index (Phi) is 10.8. The molecule has 0 aliphatic carbocycles. The van der Waals surface area contributed by atoms with E-state index in [0.29, 0.717) is 0 Å². The van der Waals surface area contributed by atoms with Gasteiger partial charge in [0, 0.05) is 0 Å². The zero-order valence-electron chi connectivity index (χ0n) is 8.60. The van der Waals surface area contributed by atoms with E-state index in [4.69, 9.17) is 11.7 Å². The van der Waals surface area contributed by atoms with E-state index in [0.717, 1.165) is 25.9 Å². The number of unbranched alkanes of at least 4 members (excludes halogenated alkanes) is 5. The second kappa shape index (κ2) is 11.8. The van der Waals surface area contributed by atoms with Gasteiger partial charge in [0.15, 0.2) is 0 Å². The molecule has 0 saturated carbocycles. The van der Waals surface area contributed by atoms with Crippen molar-refractivity contribution in [3.05, 3.63) is 0 Å². The van der Waals surface area contributed by atoms with Crippen LogP contribution in [0.15, 0.2) is 20.7 Å². The van der Waals surface area contributed by atoms with Crippen molar-refractivity contribution >= 4 is 0 Å². The SMILES string of the molecule is NN=NCCCCCCCCN=NN. The normalized spacial score (nSPS) is 11.7. The molecule has 0 heterocycles. The summed E-state index contributed by atoms with van der Waals surface area (Å²) in [7, 11) is 0. The van der Waals surface area contributed by atoms with Crippen LogP contribution in [0, 0.1) is 0 Å². The van der Waals surface area contributed by atoms with Gasteiger partial charge in [0.25, 0.3) is 0 Å². The number of nitrogens with two attached hydrogens (primary N) is 2. The van der Waals surface area contributed by atoms with E-state index in [9.17, 15) is 0 Å². The Hall–Kier alpha value is -1.20. The van der Waals surface area contributed by atoms with Crippen LogP contribution in [-0.4, -0.2) is 13.1 Å². The minimum absolute atomic E-state index is 0.748. The largest absolute Gasteiger partial charge is 0.305 e. The lowest BCUT2D eigenvalue weighted by molar-refractivity contribution is 0.593. The van der Waals surface area contributed by atoms with Gasteiger partial charge in [-0.05, 0) is 12.8 Å². The van der Waals surface area contributed by atoms with Gasteiger partial charge < -0.3 is 11.7 Å². The number of hydrogen-bond acceptors (Lipinski definition) is 4. The quantitative estimate of drug-likeness (QED) is 0.257. The molecule has 0 aliphatic rings. The van der Waals surface area contributed by atoms with E-state index >= 15 is 0 Å². The Bertz CT molecular complexity index is 138. The van der Waals surface area contributed by atoms with E-state index in [1.165, 1.54) is 25.7 Å². The van der Waals surface area contributed by atoms with Gasteiger partial charge in [0.1, 0.15) is 0 Å². The lowest BCUT2D eigenvalue weighted by Gasteiger charge is -1.97. The first-order valence-electron chi connectivity index (χ1n) is 5.05. The predicted molar refractivity (Wildman–Crippen MR) is 55.5 cm³/mol. The van der Waals surface area contributed by atoms with E-state index in [1.807, 2.05) is 0 Å². The minimum atomic E-state index is 0.748. The van der Waals surface area contributed by atoms with Crippen molar-refractivity contribution in [3.8, 4) is 0 Å². The first kappa shape index (κ1) is 12.8. The summed E-state index contributed by atoms with van der Waals surface area (Å²) in [5.41, 5.74) is 0. The number of nitrogens with zero attached hydrogens (tertiary/aromatic N) is 4. The van der Waals surface area contributed by atoms with Gasteiger partial charge >= 0.3 is 0 Å². The van der Waals surface area contributed by atoms with Crippen molar-refractivity contribution in [1.82, 2.24) is 0 Å². The molecule has 0 unspecified atom stereocenters. The Morgan fingerprint density at radius 3 is 1.29 bits per heavy atom. The van der Waals surface area contributed by atoms with Crippen LogP contribution in [0.3, 0.4) is 0 Å². The van der Waals surface area contributed by atoms with E-state index in [1.54, 1.807) is 0 Å². The van der Waals surface area contributed by atoms with Crippen LogP contribution in [-0.2, 0) is 0 Å². The molecule has 0 rings (SSSR count). The summed E-state index contributed by atoms with van der Waals surface area (Å²) in [5.74, 6) is 9.73. The van der Waals surface area contributed by atoms with Crippen molar-refractivity contribution in [3.63, 3.8) is 0 Å². The van der Waals surface area contributed by atoms with Crippen LogP contribution in [0.5, 0.6) is 0 Å². The third kappa shape index (κ3) is 10.8. The Morgan fingerprint density at radius 1 is 0.571 bits per heavy atom. The van der Waals surface area contributed by atoms with Gasteiger partial charge in [0.05, 0.1) is 13.1 Å². The molecule has 0 aromatic rings. The Labute approximate surface area is 84.8 Å². The topological polar surface area (TPSA) is 101 Å². The van der Waals surface area contributed by atoms with Gasteiger partial charge in [-0.1, -0.05) is 36.1 Å². The molecule has 0 bridgehead atoms. The van der Waals surface area contributed by atoms with Crippen molar-refractivity contribution in [2.45, 2.75) is 38.5 Å². The van der Waals surface area contributed by atoms with Gasteiger partial charge in [-0.2, -0.15) is 10.2 Å². The Balaban J connectivity index is 2.92. The van der Waals surface area contributed by atoms with Crippen LogP contribution >= 0.6 is 0 Å². The molecule has 82 valence electrons. The van der Waals surface area contributed by atoms with Gasteiger partial charge in [-0.25, -0.2) is 0 Å². The Morgan fingerprint density at radius 2 is 0.929 bits per heavy atom. The second-order valence-corrected chi connectivity index (χ2v) is 3.08. The highest BCUT2D eigenvalue weighted by Crippen LogP contribution is 2.05. The fourth-order valence-corrected chi connectivity index (χ4v) is 1.19. The van der Waals surface area contributed by atoms with Gasteiger partial charge in [0.2, 0.25) is 0 Å². The van der Waals surface area contributed by atoms with E-state index in [2.05, 4.69) is 20.7 Å². The monoisotopic (exact) mass is 200 g/mol. The van der Waals surface area contributed by atoms with Gasteiger partial charge in [-0.3, -0.25) is 0 Å². The molecule has 0 spiro atoms. The molecular weight excluding hydrogens is 180 g/mol. The highest BCUT2D eigenvalue weighted by atomic mass is 15.3. The fourth-order valence-electron chi connectivity index (χ4n) is 1.19. The summed E-state index contributed by atoms with van der Waals surface area (Å²) in [6.07, 6.45) is 7.00. The van der Waals surface area contributed by atoms with Crippen molar-refractivity contribution in [2.24, 2.45) is 32.4 Å². The van der Waals surface area contributed by atoms with Crippen LogP contribution in [0.2, 0.25) is 0 Å². The average Bonchev–Trinajstić information content (AvgIpc) is 2.21. The van der Waals surface area contributed by atoms with Crippen molar-refractivity contribution in [1.29, 1.82) is 0 Å². The molecule has 6 heteroatoms. The molecule has 14 heavy (non-hydrogen) atoms. The summed E-state index contributed by atoms with van der Waals surface area (Å²) < 4.78 is 0. The summed E-state index contributed by atoms with van der Waals surface area (Å²) in [6, 6.07) is 0. The first-order valence-corrected chi connectivity index (χ1v) is 5.05. The summed E-state index contributed by atoms with van der Waals surface area (Å²) in [5, 5.41) is 13.8. The molecule has 0 aliphatic heterocycles. The molecule has 4 N–H and O–H groups in total. The summed E-state index contributed by atoms with van der Waals surface area (Å²) in [4.78, 5) is 0. The summed E-state index contributed by atoms with van der Waals surface area (Å²) in [6.45, 7) is 1.50. The molecular formula is C8H20N6. The number of rotatable bonds is 9. The standard InChI is InChI=1S/C8H20N6/c9-13-11-7-5-3-1-2-4-6-8-12-14-10/h1-8H2,(H2,9,11)(H2,10,12). The molecule has 6 nitrogen and oxygen atoms in total. The predicted octanol–water partition coefficient (Wildman–Crippen LogP) is 1.98. The molecule has 0 amide bonds. The molecule has 0 atom stereocenters. The smallest absolute Gasteiger partial charge is 0.0620 e. The second-order valence-electron chi connectivity index (χ2n) is 3.08. The maximum atomic E-state index is 4.87. The third-order valence-corrected chi connectivity index (χ3v) is 1.93. The van der Waals surface area contributed by atoms with E-state index in [-0.39, 0.29) is 0 Å². The van der Waals surface area contributed by atoms with Crippen molar-refractivity contribution in [2.75, 3.05) is 13.1 Å². The highest BCUT2D eigenvalue weighted by Gasteiger charge is 1.90. The van der Waals surface area contributed by atoms with E-state index < -0.39 is 0 Å². The van der Waals surface area contributed by atoms with Crippen molar-refractivity contribution < 1.29 is 0 Å². The van der Waals surface area contributed by atoms with Crippen LogP contribution in [0.25, 0.3) is 0 Å². The van der Waals surface area contributed by atoms with Crippen LogP contribution in [0.1, 0.15) is 38.5 Å². The maximum absolute atomic E-state index is 4.87. The minimum Gasteiger partial charge on any atom is -0.305 e. The lowest BCUT2D eigenvalue weighted by Crippen LogP contribution is -1.86. The first-order chi connectivity index (χ1) is 6.91. The zero-order valence-corrected chi connectivity index (χ0v) is 8.60. The molecule has 0 radical (unpaired) electrons. The maximum Gasteiger partial charge on any atom is 0.0620 e. The molecule has 0 saturated heterocycles.